The lowest BCUT2D eigenvalue weighted by molar-refractivity contribution is 0.427. The standard InChI is InChI=1S/C11H20N4O4S2/c1-2-3-12-8-10-9-13-14-11(10)21(18,19)15-4-6-20(16,17)7-5-15/h9,12H,2-8H2,1H3,(H,13,14). The van der Waals surface area contributed by atoms with Crippen LogP contribution in [0.25, 0.3) is 0 Å². The molecule has 2 N–H and O–H groups in total. The van der Waals surface area contributed by atoms with Gasteiger partial charge in [-0.05, 0) is 13.0 Å². The van der Waals surface area contributed by atoms with Crippen molar-refractivity contribution in [2.45, 2.75) is 24.9 Å². The van der Waals surface area contributed by atoms with E-state index in [0.29, 0.717) is 12.1 Å². The van der Waals surface area contributed by atoms with E-state index in [1.807, 2.05) is 6.92 Å². The van der Waals surface area contributed by atoms with Crippen molar-refractivity contribution in [2.75, 3.05) is 31.1 Å². The molecular formula is C11H20N4O4S2. The topological polar surface area (TPSA) is 112 Å². The summed E-state index contributed by atoms with van der Waals surface area (Å²) in [5.41, 5.74) is 0.567. The molecule has 0 aromatic carbocycles. The molecule has 0 radical (unpaired) electrons. The molecule has 0 spiro atoms. The monoisotopic (exact) mass is 336 g/mol. The van der Waals surface area contributed by atoms with Crippen molar-refractivity contribution < 1.29 is 16.8 Å². The lowest BCUT2D eigenvalue weighted by atomic mass is 10.3. The maximum atomic E-state index is 12.5. The molecule has 0 amide bonds. The molecule has 0 saturated carbocycles. The number of sulfone groups is 1. The van der Waals surface area contributed by atoms with Gasteiger partial charge < -0.3 is 5.32 Å². The number of rotatable bonds is 6. The summed E-state index contributed by atoms with van der Waals surface area (Å²) in [6.07, 6.45) is 2.43. The van der Waals surface area contributed by atoms with Crippen LogP contribution in [0, 0.1) is 0 Å². The Morgan fingerprint density at radius 1 is 1.38 bits per heavy atom. The number of nitrogens with one attached hydrogen (secondary N) is 2. The number of aromatic nitrogens is 2. The predicted molar refractivity (Wildman–Crippen MR) is 78.0 cm³/mol. The summed E-state index contributed by atoms with van der Waals surface area (Å²) < 4.78 is 49.1. The van der Waals surface area contributed by atoms with E-state index in [9.17, 15) is 16.8 Å². The number of aromatic amines is 1. The summed E-state index contributed by atoms with van der Waals surface area (Å²) in [5, 5.41) is 9.50. The van der Waals surface area contributed by atoms with E-state index in [4.69, 9.17) is 0 Å². The molecule has 2 heterocycles. The fraction of sp³-hybridized carbons (Fsp3) is 0.727. The molecule has 1 saturated heterocycles. The molecule has 0 aliphatic carbocycles. The van der Waals surface area contributed by atoms with E-state index in [-0.39, 0.29) is 29.6 Å². The highest BCUT2D eigenvalue weighted by Gasteiger charge is 2.33. The smallest absolute Gasteiger partial charge is 0.260 e. The number of sulfonamides is 1. The van der Waals surface area contributed by atoms with E-state index in [2.05, 4.69) is 15.5 Å². The molecule has 8 nitrogen and oxygen atoms in total. The van der Waals surface area contributed by atoms with E-state index in [0.717, 1.165) is 13.0 Å². The molecule has 1 aromatic heterocycles. The molecule has 1 fully saturated rings. The third kappa shape index (κ3) is 3.82. The Bertz CT molecular complexity index is 667. The number of H-pyrrole nitrogens is 1. The predicted octanol–water partition coefficient (Wildman–Crippen LogP) is -0.672. The molecule has 2 rings (SSSR count). The van der Waals surface area contributed by atoms with Crippen molar-refractivity contribution in [3.8, 4) is 0 Å². The van der Waals surface area contributed by atoms with Gasteiger partial charge in [0.2, 0.25) is 0 Å². The first-order chi connectivity index (χ1) is 9.87. The van der Waals surface area contributed by atoms with Crippen LogP contribution in [-0.4, -0.2) is 62.5 Å². The summed E-state index contributed by atoms with van der Waals surface area (Å²) in [4.78, 5) is 0. The molecule has 1 aromatic rings. The van der Waals surface area contributed by atoms with Gasteiger partial charge >= 0.3 is 0 Å². The van der Waals surface area contributed by atoms with Crippen molar-refractivity contribution in [1.82, 2.24) is 19.8 Å². The van der Waals surface area contributed by atoms with Crippen molar-refractivity contribution in [2.24, 2.45) is 0 Å². The van der Waals surface area contributed by atoms with Crippen LogP contribution < -0.4 is 5.32 Å². The van der Waals surface area contributed by atoms with Crippen LogP contribution in [0.1, 0.15) is 18.9 Å². The minimum absolute atomic E-state index is 0.00842. The van der Waals surface area contributed by atoms with Crippen LogP contribution in [0.15, 0.2) is 11.2 Å². The van der Waals surface area contributed by atoms with E-state index < -0.39 is 19.9 Å². The van der Waals surface area contributed by atoms with Crippen LogP contribution in [0.5, 0.6) is 0 Å². The van der Waals surface area contributed by atoms with Gasteiger partial charge in [-0.3, -0.25) is 5.10 Å². The number of nitrogens with zero attached hydrogens (tertiary/aromatic N) is 2. The Kier molecular flexibility index (Phi) is 5.02. The Balaban J connectivity index is 2.15. The van der Waals surface area contributed by atoms with E-state index in [1.165, 1.54) is 10.5 Å². The minimum Gasteiger partial charge on any atom is -0.313 e. The van der Waals surface area contributed by atoms with Gasteiger partial charge in [0.25, 0.3) is 10.0 Å². The Morgan fingerprint density at radius 2 is 2.05 bits per heavy atom. The largest absolute Gasteiger partial charge is 0.313 e. The number of hydrogen-bond acceptors (Lipinski definition) is 6. The van der Waals surface area contributed by atoms with E-state index in [1.54, 1.807) is 0 Å². The van der Waals surface area contributed by atoms with Crippen LogP contribution in [0.3, 0.4) is 0 Å². The average molecular weight is 336 g/mol. The van der Waals surface area contributed by atoms with Gasteiger partial charge in [-0.1, -0.05) is 6.92 Å². The zero-order valence-electron chi connectivity index (χ0n) is 11.9. The van der Waals surface area contributed by atoms with Gasteiger partial charge in [0.15, 0.2) is 14.9 Å². The van der Waals surface area contributed by atoms with Crippen LogP contribution in [0.4, 0.5) is 0 Å². The lowest BCUT2D eigenvalue weighted by Gasteiger charge is -2.25. The van der Waals surface area contributed by atoms with Gasteiger partial charge in [-0.15, -0.1) is 0 Å². The summed E-state index contributed by atoms with van der Waals surface area (Å²) in [6.45, 7) is 3.20. The normalized spacial score (nSPS) is 19.7. The zero-order valence-corrected chi connectivity index (χ0v) is 13.5. The highest BCUT2D eigenvalue weighted by atomic mass is 32.2. The molecule has 1 aliphatic rings. The third-order valence-electron chi connectivity index (χ3n) is 3.32. The zero-order chi connectivity index (χ0) is 15.5. The SMILES string of the molecule is CCCNCc1cn[nH]c1S(=O)(=O)N1CCS(=O)(=O)CC1. The summed E-state index contributed by atoms with van der Waals surface area (Å²) in [5.74, 6) is -0.270. The van der Waals surface area contributed by atoms with Gasteiger partial charge in [-0.25, -0.2) is 16.8 Å². The highest BCUT2D eigenvalue weighted by Crippen LogP contribution is 2.19. The molecule has 10 heteroatoms. The Labute approximate surface area is 124 Å². The lowest BCUT2D eigenvalue weighted by Crippen LogP contribution is -2.44. The number of hydrogen-bond donors (Lipinski definition) is 2. The quantitative estimate of drug-likeness (QED) is 0.666. The van der Waals surface area contributed by atoms with Crippen molar-refractivity contribution >= 4 is 19.9 Å². The summed E-state index contributed by atoms with van der Waals surface area (Å²) >= 11 is 0. The van der Waals surface area contributed by atoms with Crippen molar-refractivity contribution in [3.63, 3.8) is 0 Å². The maximum Gasteiger partial charge on any atom is 0.260 e. The highest BCUT2D eigenvalue weighted by molar-refractivity contribution is 7.92. The second-order valence-corrected chi connectivity index (χ2v) is 9.14. The first kappa shape index (κ1) is 16.4. The van der Waals surface area contributed by atoms with Crippen LogP contribution >= 0.6 is 0 Å². The summed E-state index contributed by atoms with van der Waals surface area (Å²) in [7, 11) is -6.84. The molecule has 21 heavy (non-hydrogen) atoms. The van der Waals surface area contributed by atoms with E-state index >= 15 is 0 Å². The average Bonchev–Trinajstić information content (AvgIpc) is 2.88. The summed E-state index contributed by atoms with van der Waals surface area (Å²) in [6, 6.07) is 0. The van der Waals surface area contributed by atoms with Crippen LogP contribution in [0.2, 0.25) is 0 Å². The van der Waals surface area contributed by atoms with Gasteiger partial charge in [-0.2, -0.15) is 9.40 Å². The molecule has 0 atom stereocenters. The van der Waals surface area contributed by atoms with Gasteiger partial charge in [0.05, 0.1) is 17.7 Å². The molecular weight excluding hydrogens is 316 g/mol. The molecule has 0 bridgehead atoms. The van der Waals surface area contributed by atoms with Gasteiger partial charge in [0, 0.05) is 25.2 Å². The Hall–Kier alpha value is -0.970. The first-order valence-corrected chi connectivity index (χ1v) is 10.1. The molecule has 0 unspecified atom stereocenters. The van der Waals surface area contributed by atoms with Crippen molar-refractivity contribution in [3.05, 3.63) is 11.8 Å². The fourth-order valence-corrected chi connectivity index (χ4v) is 5.09. The minimum atomic E-state index is -3.73. The Morgan fingerprint density at radius 3 is 2.67 bits per heavy atom. The van der Waals surface area contributed by atoms with Crippen molar-refractivity contribution in [1.29, 1.82) is 0 Å². The fourth-order valence-electron chi connectivity index (χ4n) is 2.11. The first-order valence-electron chi connectivity index (χ1n) is 6.80. The molecule has 1 aliphatic heterocycles. The van der Waals surface area contributed by atoms with Gasteiger partial charge in [0.1, 0.15) is 0 Å². The van der Waals surface area contributed by atoms with Crippen LogP contribution in [-0.2, 0) is 26.4 Å². The second kappa shape index (κ2) is 6.42. The maximum absolute atomic E-state index is 12.5. The molecule has 120 valence electrons. The second-order valence-electron chi connectivity index (χ2n) is 4.96. The third-order valence-corrected chi connectivity index (χ3v) is 6.85.